The Bertz CT molecular complexity index is 629. The first-order chi connectivity index (χ1) is 11.5. The van der Waals surface area contributed by atoms with Gasteiger partial charge in [0.25, 0.3) is 5.78 Å². The minimum Gasteiger partial charge on any atom is -0.452 e. The van der Waals surface area contributed by atoms with E-state index in [4.69, 9.17) is 10.5 Å². The number of carbonyl (C=O) groups excluding carboxylic acids is 4. The molecule has 24 heavy (non-hydrogen) atoms. The van der Waals surface area contributed by atoms with E-state index in [0.29, 0.717) is 19.4 Å². The molecule has 128 valence electrons. The lowest BCUT2D eigenvalue weighted by Gasteiger charge is -2.24. The van der Waals surface area contributed by atoms with Crippen LogP contribution in [0, 0.1) is 5.92 Å². The first-order valence-corrected chi connectivity index (χ1v) is 7.79. The number of nitrogens with one attached hydrogen (secondary N) is 1. The highest BCUT2D eigenvalue weighted by Crippen LogP contribution is 2.18. The van der Waals surface area contributed by atoms with Gasteiger partial charge in [-0.15, -0.1) is 0 Å². The summed E-state index contributed by atoms with van der Waals surface area (Å²) in [5.74, 6) is -2.36. The third-order valence-corrected chi connectivity index (χ3v) is 3.92. The maximum Gasteiger partial charge on any atom is 0.380 e. The summed E-state index contributed by atoms with van der Waals surface area (Å²) in [6, 6.07) is 7.14. The van der Waals surface area contributed by atoms with E-state index in [1.165, 1.54) is 12.1 Å². The van der Waals surface area contributed by atoms with Gasteiger partial charge in [0.1, 0.15) is 0 Å². The number of ether oxygens (including phenoxy) is 1. The Morgan fingerprint density at radius 3 is 2.62 bits per heavy atom. The molecule has 7 heteroatoms. The van der Waals surface area contributed by atoms with Crippen LogP contribution in [0.2, 0.25) is 0 Å². The van der Waals surface area contributed by atoms with Gasteiger partial charge in [-0.25, -0.2) is 4.79 Å². The van der Waals surface area contributed by atoms with Crippen molar-refractivity contribution in [3.63, 3.8) is 0 Å². The fourth-order valence-corrected chi connectivity index (χ4v) is 2.56. The smallest absolute Gasteiger partial charge is 0.380 e. The predicted octanol–water partition coefficient (Wildman–Crippen LogP) is 0.225. The van der Waals surface area contributed by atoms with Crippen LogP contribution in [-0.2, 0) is 19.1 Å². The van der Waals surface area contributed by atoms with E-state index >= 15 is 0 Å². The number of benzene rings is 1. The molecule has 1 heterocycles. The number of rotatable bonds is 7. The van der Waals surface area contributed by atoms with Gasteiger partial charge in [-0.05, 0) is 18.8 Å². The average Bonchev–Trinajstić information content (AvgIpc) is 2.59. The van der Waals surface area contributed by atoms with Crippen molar-refractivity contribution in [2.45, 2.75) is 25.3 Å². The molecule has 1 aliphatic rings. The highest BCUT2D eigenvalue weighted by molar-refractivity contribution is 6.40. The number of amides is 1. The van der Waals surface area contributed by atoms with Crippen LogP contribution in [0.3, 0.4) is 0 Å². The molecule has 0 aromatic heterocycles. The molecule has 1 amide bonds. The van der Waals surface area contributed by atoms with Gasteiger partial charge in [-0.1, -0.05) is 30.3 Å². The minimum atomic E-state index is -1.08. The molecule has 2 atom stereocenters. The lowest BCUT2D eigenvalue weighted by atomic mass is 9.90. The van der Waals surface area contributed by atoms with Crippen molar-refractivity contribution in [2.24, 2.45) is 11.7 Å². The van der Waals surface area contributed by atoms with Crippen molar-refractivity contribution in [3.8, 4) is 0 Å². The number of piperidine rings is 1. The van der Waals surface area contributed by atoms with Gasteiger partial charge >= 0.3 is 5.97 Å². The van der Waals surface area contributed by atoms with E-state index in [1.54, 1.807) is 18.2 Å². The first kappa shape index (κ1) is 17.8. The Hall–Kier alpha value is -2.54. The summed E-state index contributed by atoms with van der Waals surface area (Å²) in [4.78, 5) is 46.8. The van der Waals surface area contributed by atoms with Crippen LogP contribution in [0.5, 0.6) is 0 Å². The van der Waals surface area contributed by atoms with Gasteiger partial charge in [-0.3, -0.25) is 14.4 Å². The molecule has 0 spiro atoms. The standard InChI is InChI=1S/C17H20N2O5/c18-13(8-11-6-7-19-15(21)9-11)14(20)10-24-17(23)16(22)12-4-2-1-3-5-12/h1-5,11,13H,6-10,18H2,(H,19,21). The highest BCUT2D eigenvalue weighted by Gasteiger charge is 2.26. The molecule has 2 rings (SSSR count). The number of nitrogens with two attached hydrogens (primary N) is 1. The zero-order valence-electron chi connectivity index (χ0n) is 13.2. The highest BCUT2D eigenvalue weighted by atomic mass is 16.5. The molecule has 1 fully saturated rings. The lowest BCUT2D eigenvalue weighted by molar-refractivity contribution is -0.143. The molecule has 1 aromatic carbocycles. The van der Waals surface area contributed by atoms with E-state index < -0.39 is 30.2 Å². The van der Waals surface area contributed by atoms with Gasteiger partial charge in [0.05, 0.1) is 6.04 Å². The number of hydrogen-bond acceptors (Lipinski definition) is 6. The molecule has 1 saturated heterocycles. The molecule has 1 aliphatic heterocycles. The maximum atomic E-state index is 11.9. The Balaban J connectivity index is 1.78. The normalized spacial score (nSPS) is 18.4. The second kappa shape index (κ2) is 8.35. The van der Waals surface area contributed by atoms with Crippen LogP contribution in [-0.4, -0.2) is 42.6 Å². The maximum absolute atomic E-state index is 11.9. The van der Waals surface area contributed by atoms with Gasteiger partial charge in [-0.2, -0.15) is 0 Å². The molecule has 0 bridgehead atoms. The number of Topliss-reactive ketones (excluding diaryl/α,β-unsaturated/α-hetero) is 2. The quantitative estimate of drug-likeness (QED) is 0.419. The Morgan fingerprint density at radius 2 is 1.96 bits per heavy atom. The summed E-state index contributed by atoms with van der Waals surface area (Å²) in [7, 11) is 0. The van der Waals surface area contributed by atoms with Crippen LogP contribution in [0.1, 0.15) is 29.6 Å². The molecular weight excluding hydrogens is 312 g/mol. The van der Waals surface area contributed by atoms with Crippen LogP contribution >= 0.6 is 0 Å². The van der Waals surface area contributed by atoms with Crippen molar-refractivity contribution >= 4 is 23.4 Å². The molecular formula is C17H20N2O5. The summed E-state index contributed by atoms with van der Waals surface area (Å²) in [6.45, 7) is 0.0302. The van der Waals surface area contributed by atoms with Crippen molar-refractivity contribution in [3.05, 3.63) is 35.9 Å². The van der Waals surface area contributed by atoms with E-state index in [0.717, 1.165) is 6.42 Å². The minimum absolute atomic E-state index is 0.0411. The van der Waals surface area contributed by atoms with Crippen LogP contribution in [0.25, 0.3) is 0 Å². The monoisotopic (exact) mass is 332 g/mol. The second-order valence-electron chi connectivity index (χ2n) is 5.79. The van der Waals surface area contributed by atoms with Gasteiger partial charge in [0.15, 0.2) is 12.4 Å². The van der Waals surface area contributed by atoms with Gasteiger partial charge in [0, 0.05) is 18.5 Å². The summed E-state index contributed by atoms with van der Waals surface area (Å²) in [5.41, 5.74) is 6.01. The van der Waals surface area contributed by atoms with E-state index in [-0.39, 0.29) is 17.4 Å². The Labute approximate surface area is 139 Å². The molecule has 7 nitrogen and oxygen atoms in total. The van der Waals surface area contributed by atoms with Crippen LogP contribution < -0.4 is 11.1 Å². The van der Waals surface area contributed by atoms with Crippen molar-refractivity contribution < 1.29 is 23.9 Å². The van der Waals surface area contributed by atoms with Crippen molar-refractivity contribution in [1.82, 2.24) is 5.32 Å². The zero-order chi connectivity index (χ0) is 17.5. The molecule has 3 N–H and O–H groups in total. The number of ketones is 2. The molecule has 2 unspecified atom stereocenters. The number of esters is 1. The Morgan fingerprint density at radius 1 is 1.25 bits per heavy atom. The first-order valence-electron chi connectivity index (χ1n) is 7.79. The third kappa shape index (κ3) is 4.99. The fourth-order valence-electron chi connectivity index (χ4n) is 2.56. The molecule has 1 aromatic rings. The molecule has 0 aliphatic carbocycles. The summed E-state index contributed by atoms with van der Waals surface area (Å²) >= 11 is 0. The van der Waals surface area contributed by atoms with Gasteiger partial charge in [0.2, 0.25) is 5.91 Å². The van der Waals surface area contributed by atoms with E-state index in [1.807, 2.05) is 0 Å². The van der Waals surface area contributed by atoms with Crippen LogP contribution in [0.4, 0.5) is 0 Å². The van der Waals surface area contributed by atoms with E-state index in [2.05, 4.69) is 5.32 Å². The van der Waals surface area contributed by atoms with Crippen molar-refractivity contribution in [1.29, 1.82) is 0 Å². The number of carbonyl (C=O) groups is 4. The largest absolute Gasteiger partial charge is 0.452 e. The summed E-state index contributed by atoms with van der Waals surface area (Å²) in [5, 5.41) is 2.71. The average molecular weight is 332 g/mol. The molecule has 0 saturated carbocycles. The Kier molecular flexibility index (Phi) is 6.20. The zero-order valence-corrected chi connectivity index (χ0v) is 13.2. The number of hydrogen-bond donors (Lipinski definition) is 2. The van der Waals surface area contributed by atoms with Crippen LogP contribution in [0.15, 0.2) is 30.3 Å². The lowest BCUT2D eigenvalue weighted by Crippen LogP contribution is -2.40. The SMILES string of the molecule is NC(CC1CCNC(=O)C1)C(=O)COC(=O)C(=O)c1ccccc1. The fraction of sp³-hybridized carbons (Fsp3) is 0.412. The third-order valence-electron chi connectivity index (χ3n) is 3.92. The second-order valence-corrected chi connectivity index (χ2v) is 5.79. The topological polar surface area (TPSA) is 116 Å². The summed E-state index contributed by atoms with van der Waals surface area (Å²) in [6.07, 6.45) is 1.46. The van der Waals surface area contributed by atoms with Gasteiger partial charge < -0.3 is 15.8 Å². The molecule has 0 radical (unpaired) electrons. The summed E-state index contributed by atoms with van der Waals surface area (Å²) < 4.78 is 4.75. The van der Waals surface area contributed by atoms with E-state index in [9.17, 15) is 19.2 Å². The predicted molar refractivity (Wildman–Crippen MR) is 85.1 cm³/mol. The van der Waals surface area contributed by atoms with Crippen molar-refractivity contribution in [2.75, 3.05) is 13.2 Å².